The summed E-state index contributed by atoms with van der Waals surface area (Å²) in [4.78, 5) is 12.5. The summed E-state index contributed by atoms with van der Waals surface area (Å²) in [7, 11) is 3.61. The highest BCUT2D eigenvalue weighted by Crippen LogP contribution is 2.09. The van der Waals surface area contributed by atoms with E-state index < -0.39 is 0 Å². The van der Waals surface area contributed by atoms with E-state index in [2.05, 4.69) is 5.10 Å². The molecular weight excluding hydrogens is 236 g/mol. The van der Waals surface area contributed by atoms with E-state index in [0.29, 0.717) is 11.3 Å². The van der Waals surface area contributed by atoms with Gasteiger partial charge in [-0.25, -0.2) is 0 Å². The molecule has 3 nitrogen and oxygen atoms in total. The van der Waals surface area contributed by atoms with Crippen LogP contribution in [-0.2, 0) is 0 Å². The lowest BCUT2D eigenvalue weighted by atomic mass is 10.0. The number of benzene rings is 2. The van der Waals surface area contributed by atoms with Crippen LogP contribution < -0.4 is 0 Å². The van der Waals surface area contributed by atoms with E-state index >= 15 is 0 Å². The quantitative estimate of drug-likeness (QED) is 0.476. The minimum absolute atomic E-state index is 0.0690. The van der Waals surface area contributed by atoms with Crippen LogP contribution >= 0.6 is 0 Å². The zero-order valence-electron chi connectivity index (χ0n) is 11.1. The Hall–Kier alpha value is -2.42. The fraction of sp³-hybridized carbons (Fsp3) is 0.125. The third-order valence-electron chi connectivity index (χ3n) is 2.60. The molecule has 0 aromatic heterocycles. The predicted octanol–water partition coefficient (Wildman–Crippen LogP) is 2.84. The first-order chi connectivity index (χ1) is 9.18. The molecule has 0 saturated carbocycles. The summed E-state index contributed by atoms with van der Waals surface area (Å²) in [6, 6.07) is 18.7. The lowest BCUT2D eigenvalue weighted by Crippen LogP contribution is -2.19. The summed E-state index contributed by atoms with van der Waals surface area (Å²) in [6.45, 7) is 0. The summed E-state index contributed by atoms with van der Waals surface area (Å²) in [5, 5.41) is 5.97. The first-order valence-corrected chi connectivity index (χ1v) is 6.09. The Kier molecular flexibility index (Phi) is 4.08. The second-order valence-corrected chi connectivity index (χ2v) is 4.36. The molecule has 0 heterocycles. The van der Waals surface area contributed by atoms with Crippen molar-refractivity contribution in [3.8, 4) is 0 Å². The highest BCUT2D eigenvalue weighted by atomic mass is 16.1. The second kappa shape index (κ2) is 5.96. The Balaban J connectivity index is 2.43. The molecule has 2 aromatic rings. The first kappa shape index (κ1) is 13.0. The van der Waals surface area contributed by atoms with Gasteiger partial charge in [-0.2, -0.15) is 5.10 Å². The van der Waals surface area contributed by atoms with Crippen molar-refractivity contribution in [2.45, 2.75) is 0 Å². The van der Waals surface area contributed by atoms with Crippen molar-refractivity contribution in [2.24, 2.45) is 5.10 Å². The number of hydrogen-bond acceptors (Lipinski definition) is 3. The van der Waals surface area contributed by atoms with Gasteiger partial charge in [0.15, 0.2) is 0 Å². The Morgan fingerprint density at radius 2 is 1.32 bits per heavy atom. The zero-order chi connectivity index (χ0) is 13.7. The average molecular weight is 252 g/mol. The van der Waals surface area contributed by atoms with Crippen LogP contribution in [0.25, 0.3) is 0 Å². The van der Waals surface area contributed by atoms with E-state index in [-0.39, 0.29) is 5.78 Å². The highest BCUT2D eigenvalue weighted by Gasteiger charge is 2.16. The molecule has 96 valence electrons. The van der Waals surface area contributed by atoms with Crippen LogP contribution in [0, 0.1) is 0 Å². The van der Waals surface area contributed by atoms with Gasteiger partial charge in [-0.05, 0) is 0 Å². The molecule has 0 aliphatic heterocycles. The number of hydrogen-bond donors (Lipinski definition) is 0. The SMILES string of the molecule is CN(C)N=C(C(=O)c1ccccc1)c1ccccc1. The van der Waals surface area contributed by atoms with Crippen molar-refractivity contribution >= 4 is 11.5 Å². The Morgan fingerprint density at radius 1 is 0.842 bits per heavy atom. The van der Waals surface area contributed by atoms with Gasteiger partial charge in [0.1, 0.15) is 5.71 Å². The molecule has 2 rings (SSSR count). The second-order valence-electron chi connectivity index (χ2n) is 4.36. The van der Waals surface area contributed by atoms with Crippen LogP contribution in [0.3, 0.4) is 0 Å². The molecule has 0 bridgehead atoms. The van der Waals surface area contributed by atoms with Crippen molar-refractivity contribution in [2.75, 3.05) is 14.1 Å². The first-order valence-electron chi connectivity index (χ1n) is 6.09. The number of hydrazone groups is 1. The van der Waals surface area contributed by atoms with Gasteiger partial charge in [0.05, 0.1) is 0 Å². The predicted molar refractivity (Wildman–Crippen MR) is 77.4 cm³/mol. The molecule has 19 heavy (non-hydrogen) atoms. The van der Waals surface area contributed by atoms with E-state index in [1.54, 1.807) is 31.2 Å². The number of nitrogens with zero attached hydrogens (tertiary/aromatic N) is 2. The van der Waals surface area contributed by atoms with Crippen LogP contribution in [0.2, 0.25) is 0 Å². The van der Waals surface area contributed by atoms with E-state index in [4.69, 9.17) is 0 Å². The van der Waals surface area contributed by atoms with Crippen LogP contribution in [0.1, 0.15) is 15.9 Å². The fourth-order valence-electron chi connectivity index (χ4n) is 1.76. The van der Waals surface area contributed by atoms with Crippen molar-refractivity contribution in [3.63, 3.8) is 0 Å². The van der Waals surface area contributed by atoms with E-state index in [0.717, 1.165) is 5.56 Å². The van der Waals surface area contributed by atoms with E-state index in [1.807, 2.05) is 48.5 Å². The normalized spacial score (nSPS) is 11.2. The lowest BCUT2D eigenvalue weighted by Gasteiger charge is -2.10. The smallest absolute Gasteiger partial charge is 0.213 e. The van der Waals surface area contributed by atoms with E-state index in [1.165, 1.54) is 0 Å². The largest absolute Gasteiger partial charge is 0.302 e. The maximum atomic E-state index is 12.5. The number of Topliss-reactive ketones (excluding diaryl/α,β-unsaturated/α-hetero) is 1. The van der Waals surface area contributed by atoms with Gasteiger partial charge in [-0.1, -0.05) is 60.7 Å². The summed E-state index contributed by atoms with van der Waals surface area (Å²) in [5.74, 6) is -0.0690. The van der Waals surface area contributed by atoms with Gasteiger partial charge in [0, 0.05) is 25.2 Å². The number of rotatable bonds is 4. The Labute approximate surface area is 113 Å². The minimum atomic E-state index is -0.0690. The maximum Gasteiger partial charge on any atom is 0.213 e. The average Bonchev–Trinajstić information content (AvgIpc) is 2.46. The van der Waals surface area contributed by atoms with Gasteiger partial charge in [0.25, 0.3) is 0 Å². The molecule has 0 aliphatic carbocycles. The molecule has 2 aromatic carbocycles. The number of carbonyl (C=O) groups excluding carboxylic acids is 1. The Bertz CT molecular complexity index is 574. The fourth-order valence-corrected chi connectivity index (χ4v) is 1.76. The van der Waals surface area contributed by atoms with E-state index in [9.17, 15) is 4.79 Å². The van der Waals surface area contributed by atoms with Crippen LogP contribution in [-0.4, -0.2) is 30.6 Å². The molecule has 3 heteroatoms. The maximum absolute atomic E-state index is 12.5. The minimum Gasteiger partial charge on any atom is -0.302 e. The molecule has 0 atom stereocenters. The van der Waals surface area contributed by atoms with Gasteiger partial charge < -0.3 is 5.01 Å². The number of ketones is 1. The standard InChI is InChI=1S/C16H16N2O/c1-18(2)17-15(13-9-5-3-6-10-13)16(19)14-11-7-4-8-12-14/h3-12H,1-2H3. The third-order valence-corrected chi connectivity index (χ3v) is 2.60. The molecule has 0 spiro atoms. The van der Waals surface area contributed by atoms with Crippen LogP contribution in [0.4, 0.5) is 0 Å². The van der Waals surface area contributed by atoms with Crippen molar-refractivity contribution in [1.82, 2.24) is 5.01 Å². The van der Waals surface area contributed by atoms with Crippen molar-refractivity contribution in [3.05, 3.63) is 71.8 Å². The summed E-state index contributed by atoms with van der Waals surface area (Å²) in [6.07, 6.45) is 0. The van der Waals surface area contributed by atoms with Gasteiger partial charge in [-0.15, -0.1) is 0 Å². The molecule has 0 unspecified atom stereocenters. The number of carbonyl (C=O) groups is 1. The third kappa shape index (κ3) is 3.28. The van der Waals surface area contributed by atoms with Crippen LogP contribution in [0.5, 0.6) is 0 Å². The highest BCUT2D eigenvalue weighted by molar-refractivity contribution is 6.51. The molecule has 0 radical (unpaired) electrons. The molecule has 0 N–H and O–H groups in total. The molecular formula is C16H16N2O. The topological polar surface area (TPSA) is 32.7 Å². The zero-order valence-corrected chi connectivity index (χ0v) is 11.1. The van der Waals surface area contributed by atoms with Gasteiger partial charge in [-0.3, -0.25) is 4.79 Å². The molecule has 0 aliphatic rings. The summed E-state index contributed by atoms with van der Waals surface area (Å²) < 4.78 is 0. The van der Waals surface area contributed by atoms with Gasteiger partial charge in [0.2, 0.25) is 5.78 Å². The van der Waals surface area contributed by atoms with Crippen molar-refractivity contribution < 1.29 is 4.79 Å². The van der Waals surface area contributed by atoms with Crippen molar-refractivity contribution in [1.29, 1.82) is 0 Å². The summed E-state index contributed by atoms with van der Waals surface area (Å²) >= 11 is 0. The van der Waals surface area contributed by atoms with Crippen LogP contribution in [0.15, 0.2) is 65.8 Å². The Morgan fingerprint density at radius 3 is 1.79 bits per heavy atom. The monoisotopic (exact) mass is 252 g/mol. The van der Waals surface area contributed by atoms with Gasteiger partial charge >= 0.3 is 0 Å². The molecule has 0 amide bonds. The molecule has 0 saturated heterocycles. The lowest BCUT2D eigenvalue weighted by molar-refractivity contribution is 0.106. The molecule has 0 fully saturated rings. The summed E-state index contributed by atoms with van der Waals surface area (Å²) in [5.41, 5.74) is 1.92.